The summed E-state index contributed by atoms with van der Waals surface area (Å²) in [5.74, 6) is 0.159. The topological polar surface area (TPSA) is 150 Å². The van der Waals surface area contributed by atoms with Crippen molar-refractivity contribution in [1.29, 1.82) is 5.41 Å². The molecule has 0 saturated heterocycles. The summed E-state index contributed by atoms with van der Waals surface area (Å²) in [6.07, 6.45) is 1.50. The molecule has 0 saturated carbocycles. The summed E-state index contributed by atoms with van der Waals surface area (Å²) in [6, 6.07) is 15.3. The Hall–Kier alpha value is -3.92. The normalized spacial score (nSPS) is 17.0. The molecule has 2 unspecified atom stereocenters. The van der Waals surface area contributed by atoms with Crippen molar-refractivity contribution >= 4 is 23.6 Å². The smallest absolute Gasteiger partial charge is 0.240 e. The van der Waals surface area contributed by atoms with E-state index in [2.05, 4.69) is 22.9 Å². The van der Waals surface area contributed by atoms with Crippen LogP contribution in [0.1, 0.15) is 64.7 Å². The number of carbonyl (C=O) groups is 3. The lowest BCUT2D eigenvalue weighted by Gasteiger charge is -2.27. The molecule has 10 nitrogen and oxygen atoms in total. The highest BCUT2D eigenvalue weighted by molar-refractivity contribution is 5.94. The van der Waals surface area contributed by atoms with Crippen molar-refractivity contribution in [2.45, 2.75) is 61.3 Å². The first kappa shape index (κ1) is 40.1. The molecule has 1 aliphatic heterocycles. The largest absolute Gasteiger partial charge is 0.492 e. The van der Waals surface area contributed by atoms with E-state index in [0.717, 1.165) is 23.3 Å². The molecule has 0 radical (unpaired) electrons. The Morgan fingerprint density at radius 2 is 1.64 bits per heavy atom. The number of amidine groups is 1. The van der Waals surface area contributed by atoms with Gasteiger partial charge in [-0.15, -0.1) is 0 Å². The van der Waals surface area contributed by atoms with Crippen LogP contribution >= 0.6 is 0 Å². The van der Waals surface area contributed by atoms with Crippen LogP contribution in [-0.2, 0) is 20.8 Å². The van der Waals surface area contributed by atoms with Gasteiger partial charge in [-0.1, -0.05) is 96.0 Å². The highest BCUT2D eigenvalue weighted by Gasteiger charge is 2.27. The molecule has 0 spiro atoms. The van der Waals surface area contributed by atoms with Crippen LogP contribution in [0.15, 0.2) is 48.5 Å². The van der Waals surface area contributed by atoms with E-state index < -0.39 is 0 Å². The van der Waals surface area contributed by atoms with Gasteiger partial charge in [0.25, 0.3) is 0 Å². The van der Waals surface area contributed by atoms with Crippen molar-refractivity contribution in [3.05, 3.63) is 65.2 Å². The summed E-state index contributed by atoms with van der Waals surface area (Å²) in [4.78, 5) is 38.5. The van der Waals surface area contributed by atoms with E-state index in [0.29, 0.717) is 32.7 Å². The monoisotopic (exact) mass is 612 g/mol. The number of carbonyl (C=O) groups excluding carboxylic acids is 3. The number of amides is 3. The number of ether oxygens (including phenoxy) is 1. The molecular formula is C34H56N6O4. The van der Waals surface area contributed by atoms with Gasteiger partial charge >= 0.3 is 0 Å². The number of nitrogens with zero attached hydrogens (tertiary/aromatic N) is 1. The van der Waals surface area contributed by atoms with Crippen molar-refractivity contribution in [1.82, 2.24) is 20.9 Å². The van der Waals surface area contributed by atoms with E-state index in [1.54, 1.807) is 7.05 Å². The zero-order chi connectivity index (χ0) is 33.5. The van der Waals surface area contributed by atoms with Crippen molar-refractivity contribution in [2.75, 3.05) is 46.4 Å². The molecule has 0 aromatic heterocycles. The van der Waals surface area contributed by atoms with Crippen molar-refractivity contribution in [3.8, 4) is 5.75 Å². The Morgan fingerprint density at radius 1 is 1.00 bits per heavy atom. The van der Waals surface area contributed by atoms with E-state index in [4.69, 9.17) is 15.9 Å². The standard InChI is InChI=1S/C22H34N4O4.C8H10N2.2C2H6/c1-4-16(2)18-13-23-11-12-30-19-8-6-5-7-17(19)9-10-24-20(27)14-25-21(28)15-26(3)22(18)29;1-6-2-4-7(5-3-6)8(9)10;2*1-2/h5-8,16,18,23H,4,9-15H2,1-3H3,(H,24,27)(H,25,28);2-5H,1H3,(H3,9,10);2*1-2H3. The molecule has 44 heavy (non-hydrogen) atoms. The van der Waals surface area contributed by atoms with Crippen LogP contribution in [0.2, 0.25) is 0 Å². The second kappa shape index (κ2) is 23.5. The Bertz CT molecular complexity index is 1120. The van der Waals surface area contributed by atoms with Crippen LogP contribution in [0.4, 0.5) is 0 Å². The SMILES string of the molecule is CC.CC.CCC(C)C1CNCCOc2ccccc2CCNC(=O)CNC(=O)CN(C)C1=O.Cc1ccc(C(=N)N)cc1. The van der Waals surface area contributed by atoms with Gasteiger partial charge < -0.3 is 31.3 Å². The fourth-order valence-corrected chi connectivity index (χ4v) is 4.10. The van der Waals surface area contributed by atoms with Crippen LogP contribution in [-0.4, -0.2) is 74.8 Å². The number of fused-ring (bicyclic) bond motifs is 1. The van der Waals surface area contributed by atoms with Gasteiger partial charge in [0.2, 0.25) is 17.7 Å². The maximum Gasteiger partial charge on any atom is 0.240 e. The average Bonchev–Trinajstić information content (AvgIpc) is 3.03. The molecule has 0 fully saturated rings. The number of rotatable bonds is 3. The summed E-state index contributed by atoms with van der Waals surface area (Å²) >= 11 is 0. The van der Waals surface area contributed by atoms with E-state index in [1.165, 1.54) is 10.5 Å². The van der Waals surface area contributed by atoms with Gasteiger partial charge in [-0.25, -0.2) is 0 Å². The number of nitrogen functional groups attached to an aromatic ring is 1. The predicted molar refractivity (Wildman–Crippen MR) is 180 cm³/mol. The quantitative estimate of drug-likeness (QED) is 0.262. The molecule has 2 aromatic carbocycles. The summed E-state index contributed by atoms with van der Waals surface area (Å²) in [7, 11) is 1.62. The maximum absolute atomic E-state index is 12.9. The lowest BCUT2D eigenvalue weighted by Crippen LogP contribution is -2.47. The van der Waals surface area contributed by atoms with Crippen LogP contribution in [0, 0.1) is 24.2 Å². The molecule has 3 rings (SSSR count). The number of para-hydroxylation sites is 1. The fourth-order valence-electron chi connectivity index (χ4n) is 4.10. The Kier molecular flexibility index (Phi) is 21.4. The van der Waals surface area contributed by atoms with Crippen molar-refractivity contribution < 1.29 is 19.1 Å². The third-order valence-corrected chi connectivity index (χ3v) is 6.80. The summed E-state index contributed by atoms with van der Waals surface area (Å²) in [6.45, 7) is 16.0. The van der Waals surface area contributed by atoms with E-state index in [1.807, 2.05) is 90.1 Å². The highest BCUT2D eigenvalue weighted by atomic mass is 16.5. The minimum Gasteiger partial charge on any atom is -0.492 e. The fraction of sp³-hybridized carbons (Fsp3) is 0.529. The molecule has 6 N–H and O–H groups in total. The first-order chi connectivity index (χ1) is 21.1. The average molecular weight is 613 g/mol. The first-order valence-corrected chi connectivity index (χ1v) is 15.7. The van der Waals surface area contributed by atoms with Gasteiger partial charge in [-0.05, 0) is 30.9 Å². The van der Waals surface area contributed by atoms with Crippen LogP contribution in [0.25, 0.3) is 0 Å². The van der Waals surface area contributed by atoms with Crippen molar-refractivity contribution in [3.63, 3.8) is 0 Å². The molecule has 2 aromatic rings. The molecule has 3 amide bonds. The second-order valence-electron chi connectivity index (χ2n) is 10.0. The number of aryl methyl sites for hydroxylation is 1. The number of nitrogens with one attached hydrogen (secondary N) is 4. The number of hydrogen-bond acceptors (Lipinski definition) is 6. The zero-order valence-corrected chi connectivity index (χ0v) is 28.1. The number of likely N-dealkylation sites (N-methyl/N-ethyl adjacent to an activating group) is 1. The number of hydrogen-bond donors (Lipinski definition) is 5. The van der Waals surface area contributed by atoms with E-state index in [9.17, 15) is 14.4 Å². The number of benzene rings is 2. The van der Waals surface area contributed by atoms with Gasteiger partial charge in [0.05, 0.1) is 19.0 Å². The van der Waals surface area contributed by atoms with Crippen molar-refractivity contribution in [2.24, 2.45) is 17.6 Å². The minimum absolute atomic E-state index is 0.0739. The maximum atomic E-state index is 12.9. The van der Waals surface area contributed by atoms with Gasteiger partial charge in [0.15, 0.2) is 0 Å². The summed E-state index contributed by atoms with van der Waals surface area (Å²) in [5.41, 5.74) is 8.23. The lowest BCUT2D eigenvalue weighted by molar-refractivity contribution is -0.139. The number of nitrogens with two attached hydrogens (primary N) is 1. The van der Waals surface area contributed by atoms with Gasteiger partial charge in [-0.2, -0.15) is 0 Å². The van der Waals surface area contributed by atoms with Gasteiger partial charge in [-0.3, -0.25) is 19.8 Å². The third kappa shape index (κ3) is 15.5. The molecule has 1 heterocycles. The minimum atomic E-state index is -0.350. The molecule has 1 aliphatic rings. The molecule has 0 aliphatic carbocycles. The Morgan fingerprint density at radius 3 is 2.25 bits per heavy atom. The third-order valence-electron chi connectivity index (χ3n) is 6.80. The molecule has 2 atom stereocenters. The van der Waals surface area contributed by atoms with Gasteiger partial charge in [0, 0.05) is 32.2 Å². The molecule has 246 valence electrons. The van der Waals surface area contributed by atoms with Gasteiger partial charge in [0.1, 0.15) is 18.2 Å². The van der Waals surface area contributed by atoms with Crippen LogP contribution in [0.3, 0.4) is 0 Å². The highest BCUT2D eigenvalue weighted by Crippen LogP contribution is 2.19. The zero-order valence-electron chi connectivity index (χ0n) is 28.1. The Balaban J connectivity index is 0.00000110. The first-order valence-electron chi connectivity index (χ1n) is 15.7. The summed E-state index contributed by atoms with van der Waals surface area (Å²) in [5, 5.41) is 15.8. The van der Waals surface area contributed by atoms with Crippen LogP contribution < -0.4 is 26.4 Å². The van der Waals surface area contributed by atoms with E-state index >= 15 is 0 Å². The Labute approximate surface area is 265 Å². The molecule has 10 heteroatoms. The predicted octanol–water partition coefficient (Wildman–Crippen LogP) is 3.90. The molecule has 0 bridgehead atoms. The molecular weight excluding hydrogens is 556 g/mol. The van der Waals surface area contributed by atoms with E-state index in [-0.39, 0.29) is 48.5 Å². The second-order valence-corrected chi connectivity index (χ2v) is 10.0. The summed E-state index contributed by atoms with van der Waals surface area (Å²) < 4.78 is 5.92. The lowest BCUT2D eigenvalue weighted by atomic mass is 9.90. The van der Waals surface area contributed by atoms with Crippen LogP contribution in [0.5, 0.6) is 5.75 Å².